The number of carbonyl (C=O) groups is 2. The highest BCUT2D eigenvalue weighted by Crippen LogP contribution is 2.24. The molecular formula is C22H16F6N6O6. The lowest BCUT2D eigenvalue weighted by atomic mass is 10.3. The lowest BCUT2D eigenvalue weighted by molar-refractivity contribution is -0.275. The van der Waals surface area contributed by atoms with Crippen LogP contribution in [0.4, 0.5) is 26.3 Å². The van der Waals surface area contributed by atoms with Gasteiger partial charge < -0.3 is 19.3 Å². The first-order chi connectivity index (χ1) is 18.7. The Morgan fingerprint density at radius 2 is 1.15 bits per heavy atom. The van der Waals surface area contributed by atoms with Crippen LogP contribution in [0.5, 0.6) is 11.5 Å². The average molecular weight is 574 g/mol. The van der Waals surface area contributed by atoms with Crippen molar-refractivity contribution in [2.24, 2.45) is 0 Å². The summed E-state index contributed by atoms with van der Waals surface area (Å²) in [5, 5.41) is 23.7. The maximum absolute atomic E-state index is 12.0. The molecule has 212 valence electrons. The minimum Gasteiger partial charge on any atom is -0.476 e. The van der Waals surface area contributed by atoms with E-state index >= 15 is 0 Å². The fourth-order valence-corrected chi connectivity index (χ4v) is 2.73. The molecule has 2 aromatic carbocycles. The van der Waals surface area contributed by atoms with Gasteiger partial charge in [-0.25, -0.2) is 9.59 Å². The van der Waals surface area contributed by atoms with E-state index in [1.165, 1.54) is 30.5 Å². The molecular weight excluding hydrogens is 558 g/mol. The van der Waals surface area contributed by atoms with Gasteiger partial charge in [0.1, 0.15) is 11.5 Å². The molecule has 0 aliphatic rings. The summed E-state index contributed by atoms with van der Waals surface area (Å²) in [5.74, 6) is -2.62. The first kappa shape index (κ1) is 29.4. The van der Waals surface area contributed by atoms with Gasteiger partial charge in [-0.3, -0.25) is 0 Å². The molecule has 40 heavy (non-hydrogen) atoms. The highest BCUT2D eigenvalue weighted by Gasteiger charge is 2.31. The summed E-state index contributed by atoms with van der Waals surface area (Å²) >= 11 is 0. The number of alkyl halides is 6. The van der Waals surface area contributed by atoms with Crippen LogP contribution >= 0.6 is 0 Å². The summed E-state index contributed by atoms with van der Waals surface area (Å²) < 4.78 is 84.1. The Labute approximate surface area is 219 Å². The molecule has 1 N–H and O–H groups in total. The van der Waals surface area contributed by atoms with E-state index in [0.717, 1.165) is 40.1 Å². The van der Waals surface area contributed by atoms with Crippen LogP contribution in [-0.2, 0) is 4.74 Å². The minimum atomic E-state index is -4.76. The predicted octanol–water partition coefficient (Wildman–Crippen LogP) is 4.21. The molecule has 0 saturated heterocycles. The molecule has 0 amide bonds. The van der Waals surface area contributed by atoms with Crippen LogP contribution in [0.2, 0.25) is 0 Å². The zero-order valence-electron chi connectivity index (χ0n) is 19.9. The van der Waals surface area contributed by atoms with Crippen molar-refractivity contribution in [1.82, 2.24) is 30.0 Å². The summed E-state index contributed by atoms with van der Waals surface area (Å²) in [7, 11) is 0. The number of hydrogen-bond donors (Lipinski definition) is 1. The molecule has 2 heterocycles. The lowest BCUT2D eigenvalue weighted by Crippen LogP contribution is -2.17. The third kappa shape index (κ3) is 8.71. The first-order valence-electron chi connectivity index (χ1n) is 10.7. The number of nitrogens with zero attached hydrogens (tertiary/aromatic N) is 6. The third-order valence-electron chi connectivity index (χ3n) is 4.29. The molecule has 0 aliphatic carbocycles. The number of esters is 1. The average Bonchev–Trinajstić information content (AvgIpc) is 3.55. The van der Waals surface area contributed by atoms with Crippen molar-refractivity contribution in [1.29, 1.82) is 0 Å². The molecule has 4 aromatic rings. The van der Waals surface area contributed by atoms with Crippen LogP contribution in [0.3, 0.4) is 0 Å². The number of carboxylic acids is 1. The molecule has 18 heteroatoms. The second-order valence-corrected chi connectivity index (χ2v) is 7.15. The van der Waals surface area contributed by atoms with Crippen LogP contribution in [0.15, 0.2) is 60.9 Å². The molecule has 0 bridgehead atoms. The molecule has 0 unspecified atom stereocenters. The molecule has 0 atom stereocenters. The number of rotatable bonds is 7. The SMILES string of the molecule is CCOC(=O)c1cnn(-c2ccc(OC(F)(F)F)cc2)n1.O=C(O)c1cnn(-c2ccc(OC(F)(F)F)cc2)n1. The number of halogens is 6. The molecule has 12 nitrogen and oxygen atoms in total. The Morgan fingerprint density at radius 1 is 0.750 bits per heavy atom. The zero-order valence-corrected chi connectivity index (χ0v) is 19.9. The molecule has 0 fully saturated rings. The van der Waals surface area contributed by atoms with Crippen LogP contribution in [0.25, 0.3) is 11.4 Å². The number of aromatic nitrogens is 6. The lowest BCUT2D eigenvalue weighted by Gasteiger charge is -2.08. The van der Waals surface area contributed by atoms with Crippen molar-refractivity contribution in [3.05, 3.63) is 72.3 Å². The predicted molar refractivity (Wildman–Crippen MR) is 119 cm³/mol. The molecule has 0 aliphatic heterocycles. The van der Waals surface area contributed by atoms with Crippen molar-refractivity contribution < 1.29 is 55.2 Å². The first-order valence-corrected chi connectivity index (χ1v) is 10.7. The van der Waals surface area contributed by atoms with Gasteiger partial charge in [0.2, 0.25) is 0 Å². The number of benzene rings is 2. The van der Waals surface area contributed by atoms with E-state index in [9.17, 15) is 35.9 Å². The number of carboxylic acid groups (broad SMARTS) is 1. The van der Waals surface area contributed by atoms with Gasteiger partial charge in [-0.1, -0.05) is 0 Å². The third-order valence-corrected chi connectivity index (χ3v) is 4.29. The Hall–Kier alpha value is -5.16. The topological polar surface area (TPSA) is 143 Å². The van der Waals surface area contributed by atoms with Crippen molar-refractivity contribution in [2.75, 3.05) is 6.61 Å². The van der Waals surface area contributed by atoms with Crippen molar-refractivity contribution in [3.8, 4) is 22.9 Å². The van der Waals surface area contributed by atoms with Crippen LogP contribution in [0, 0.1) is 0 Å². The van der Waals surface area contributed by atoms with E-state index in [2.05, 4.69) is 29.9 Å². The van der Waals surface area contributed by atoms with E-state index in [-0.39, 0.29) is 29.5 Å². The van der Waals surface area contributed by atoms with E-state index in [1.54, 1.807) is 6.92 Å². The van der Waals surface area contributed by atoms with Crippen LogP contribution in [-0.4, -0.2) is 66.4 Å². The van der Waals surface area contributed by atoms with E-state index in [1.807, 2.05) is 0 Å². The van der Waals surface area contributed by atoms with Crippen molar-refractivity contribution in [2.45, 2.75) is 19.6 Å². The van der Waals surface area contributed by atoms with Gasteiger partial charge >= 0.3 is 24.7 Å². The summed E-state index contributed by atoms with van der Waals surface area (Å²) in [6.07, 6.45) is -7.27. The Bertz CT molecular complexity index is 1430. The second kappa shape index (κ2) is 12.1. The maximum Gasteiger partial charge on any atom is 0.573 e. The number of ether oxygens (including phenoxy) is 3. The van der Waals surface area contributed by atoms with Gasteiger partial charge in [-0.15, -0.1) is 36.5 Å². The second-order valence-electron chi connectivity index (χ2n) is 7.15. The summed E-state index contributed by atoms with van der Waals surface area (Å²) in [6.45, 7) is 1.86. The van der Waals surface area contributed by atoms with Gasteiger partial charge in [0, 0.05) is 0 Å². The summed E-state index contributed by atoms with van der Waals surface area (Å²) in [4.78, 5) is 24.1. The Balaban J connectivity index is 0.000000222. The van der Waals surface area contributed by atoms with E-state index in [4.69, 9.17) is 9.84 Å². The summed E-state index contributed by atoms with van der Waals surface area (Å²) in [6, 6.07) is 9.59. The van der Waals surface area contributed by atoms with E-state index in [0.29, 0.717) is 11.4 Å². The normalized spacial score (nSPS) is 11.3. The number of hydrogen-bond acceptors (Lipinski definition) is 9. The van der Waals surface area contributed by atoms with Crippen LogP contribution < -0.4 is 9.47 Å². The molecule has 2 aromatic heterocycles. The van der Waals surface area contributed by atoms with Gasteiger partial charge in [0.25, 0.3) is 0 Å². The molecule has 0 spiro atoms. The van der Waals surface area contributed by atoms with Crippen LogP contribution in [0.1, 0.15) is 27.9 Å². The molecule has 0 saturated carbocycles. The molecule has 4 rings (SSSR count). The fraction of sp³-hybridized carbons (Fsp3) is 0.182. The van der Waals surface area contributed by atoms with Gasteiger partial charge in [0.15, 0.2) is 11.4 Å². The monoisotopic (exact) mass is 574 g/mol. The number of aromatic carboxylic acids is 1. The standard InChI is InChI=1S/C12H10F3N3O3.C10H6F3N3O3/c1-2-20-11(19)10-7-16-18(17-10)8-3-5-9(6-4-8)21-12(13,14)15;11-10(12,13)19-7-3-1-6(2-4-7)16-14-5-8(15-16)9(17)18/h3-7H,2H2,1H3;1-5H,(H,17,18). The van der Waals surface area contributed by atoms with Gasteiger partial charge in [-0.2, -0.15) is 19.8 Å². The fourth-order valence-electron chi connectivity index (χ4n) is 2.73. The van der Waals surface area contributed by atoms with Gasteiger partial charge in [0.05, 0.1) is 30.4 Å². The van der Waals surface area contributed by atoms with Gasteiger partial charge in [-0.05, 0) is 55.5 Å². The summed E-state index contributed by atoms with van der Waals surface area (Å²) in [5.41, 5.74) is 0.421. The van der Waals surface area contributed by atoms with Crippen molar-refractivity contribution >= 4 is 11.9 Å². The highest BCUT2D eigenvalue weighted by atomic mass is 19.4. The zero-order chi connectivity index (χ0) is 29.5. The quantitative estimate of drug-likeness (QED) is 0.252. The highest BCUT2D eigenvalue weighted by molar-refractivity contribution is 5.86. The minimum absolute atomic E-state index is 0.00691. The largest absolute Gasteiger partial charge is 0.573 e. The van der Waals surface area contributed by atoms with Crippen molar-refractivity contribution in [3.63, 3.8) is 0 Å². The molecule has 0 radical (unpaired) electrons. The Morgan fingerprint density at radius 3 is 1.50 bits per heavy atom. The Kier molecular flexibility index (Phi) is 8.92. The smallest absolute Gasteiger partial charge is 0.476 e. The maximum atomic E-state index is 12.0. The number of carbonyl (C=O) groups excluding carboxylic acids is 1. The van der Waals surface area contributed by atoms with E-state index < -0.39 is 24.7 Å².